The van der Waals surface area contributed by atoms with Crippen molar-refractivity contribution in [3.05, 3.63) is 35.9 Å². The zero-order valence-electron chi connectivity index (χ0n) is 22.5. The number of esters is 1. The molecule has 210 valence electrons. The highest BCUT2D eigenvalue weighted by atomic mass is 16.6. The number of carbonyl (C=O) groups is 5. The summed E-state index contributed by atoms with van der Waals surface area (Å²) >= 11 is 0. The molecule has 38 heavy (non-hydrogen) atoms. The summed E-state index contributed by atoms with van der Waals surface area (Å²) < 4.78 is 15.6. The third kappa shape index (κ3) is 10.7. The zero-order chi connectivity index (χ0) is 28.1. The predicted octanol–water partition coefficient (Wildman–Crippen LogP) is 1.82. The average Bonchev–Trinajstić information content (AvgIpc) is 2.86. The molecule has 1 fully saturated rings. The number of nitrogens with one attached hydrogen (secondary N) is 2. The molecule has 1 heterocycles. The Labute approximate surface area is 222 Å². The summed E-state index contributed by atoms with van der Waals surface area (Å²) in [6, 6.07) is 8.25. The molecule has 12 nitrogen and oxygen atoms in total. The van der Waals surface area contributed by atoms with Gasteiger partial charge >= 0.3 is 18.2 Å². The van der Waals surface area contributed by atoms with Crippen molar-refractivity contribution in [3.8, 4) is 0 Å². The van der Waals surface area contributed by atoms with Crippen molar-refractivity contribution in [2.24, 2.45) is 0 Å². The number of hydrogen-bond donors (Lipinski definition) is 2. The molecule has 1 aliphatic heterocycles. The number of rotatable bonds is 10. The molecule has 0 bridgehead atoms. The van der Waals surface area contributed by atoms with E-state index in [9.17, 15) is 24.0 Å². The van der Waals surface area contributed by atoms with Crippen molar-refractivity contribution in [1.29, 1.82) is 0 Å². The van der Waals surface area contributed by atoms with E-state index in [1.807, 2.05) is 30.3 Å². The van der Waals surface area contributed by atoms with Gasteiger partial charge in [0.25, 0.3) is 0 Å². The number of amides is 4. The van der Waals surface area contributed by atoms with Crippen LogP contribution in [0, 0.1) is 0 Å². The van der Waals surface area contributed by atoms with Gasteiger partial charge in [-0.05, 0) is 33.3 Å². The largest absolute Gasteiger partial charge is 0.461 e. The van der Waals surface area contributed by atoms with Crippen molar-refractivity contribution in [2.75, 3.05) is 39.3 Å². The van der Waals surface area contributed by atoms with E-state index in [1.54, 1.807) is 27.7 Å². The summed E-state index contributed by atoms with van der Waals surface area (Å²) in [4.78, 5) is 64.5. The van der Waals surface area contributed by atoms with Gasteiger partial charge in [0, 0.05) is 32.6 Å². The molecular formula is C26H38N4O8. The number of benzene rings is 1. The fourth-order valence-corrected chi connectivity index (χ4v) is 3.55. The van der Waals surface area contributed by atoms with Gasteiger partial charge in [0.05, 0.1) is 19.6 Å². The molecule has 4 amide bonds. The van der Waals surface area contributed by atoms with Gasteiger partial charge in [-0.2, -0.15) is 0 Å². The molecule has 1 aliphatic rings. The molecular weight excluding hydrogens is 496 g/mol. The van der Waals surface area contributed by atoms with Crippen LogP contribution >= 0.6 is 0 Å². The summed E-state index contributed by atoms with van der Waals surface area (Å²) in [6.45, 7) is 7.49. The summed E-state index contributed by atoms with van der Waals surface area (Å²) in [5.74, 6) is -1.32. The maximum absolute atomic E-state index is 12.9. The first-order chi connectivity index (χ1) is 18.0. The highest BCUT2D eigenvalue weighted by molar-refractivity contribution is 5.87. The van der Waals surface area contributed by atoms with Gasteiger partial charge < -0.3 is 29.7 Å². The van der Waals surface area contributed by atoms with Gasteiger partial charge in [0.15, 0.2) is 0 Å². The minimum Gasteiger partial charge on any atom is -0.461 e. The number of carbonyl (C=O) groups excluding carboxylic acids is 5. The third-order valence-corrected chi connectivity index (χ3v) is 5.38. The standard InChI is InChI=1S/C26H38N4O8/c1-5-36-24(34)29-15-16-30(25(35)38-26(2,3)4)20(17-29)23(33)28-13-11-21(31)27-14-12-22(32)37-18-19-9-7-6-8-10-19/h6-10,20H,5,11-18H2,1-4H3,(H,27,31)(H,28,33). The molecule has 0 spiro atoms. The topological polar surface area (TPSA) is 144 Å². The lowest BCUT2D eigenvalue weighted by Gasteiger charge is -2.40. The number of piperazine rings is 1. The minimum absolute atomic E-state index is 0.00118. The maximum Gasteiger partial charge on any atom is 0.411 e. The van der Waals surface area contributed by atoms with Gasteiger partial charge in [0.2, 0.25) is 11.8 Å². The number of nitrogens with zero attached hydrogens (tertiary/aromatic N) is 2. The normalized spacial score (nSPS) is 15.3. The highest BCUT2D eigenvalue weighted by Gasteiger charge is 2.39. The van der Waals surface area contributed by atoms with E-state index < -0.39 is 35.7 Å². The van der Waals surface area contributed by atoms with E-state index in [4.69, 9.17) is 14.2 Å². The lowest BCUT2D eigenvalue weighted by molar-refractivity contribution is -0.144. The molecule has 0 saturated carbocycles. The first-order valence-corrected chi connectivity index (χ1v) is 12.7. The summed E-state index contributed by atoms with van der Waals surface area (Å²) in [7, 11) is 0. The third-order valence-electron chi connectivity index (χ3n) is 5.38. The summed E-state index contributed by atoms with van der Waals surface area (Å²) in [5, 5.41) is 5.25. The second-order valence-corrected chi connectivity index (χ2v) is 9.62. The van der Waals surface area contributed by atoms with Crippen LogP contribution < -0.4 is 10.6 Å². The molecule has 1 saturated heterocycles. The van der Waals surface area contributed by atoms with Gasteiger partial charge in [-0.25, -0.2) is 9.59 Å². The van der Waals surface area contributed by atoms with Crippen molar-refractivity contribution in [2.45, 2.75) is 58.8 Å². The lowest BCUT2D eigenvalue weighted by atomic mass is 10.1. The fraction of sp³-hybridized carbons (Fsp3) is 0.577. The number of hydrogen-bond acceptors (Lipinski definition) is 8. The van der Waals surface area contributed by atoms with Crippen LogP contribution in [0.1, 0.15) is 46.1 Å². The first-order valence-electron chi connectivity index (χ1n) is 12.7. The van der Waals surface area contributed by atoms with Crippen LogP contribution in [0.5, 0.6) is 0 Å². The van der Waals surface area contributed by atoms with E-state index in [1.165, 1.54) is 9.80 Å². The van der Waals surface area contributed by atoms with Crippen LogP contribution in [0.3, 0.4) is 0 Å². The molecule has 1 unspecified atom stereocenters. The molecule has 0 aliphatic carbocycles. The highest BCUT2D eigenvalue weighted by Crippen LogP contribution is 2.17. The summed E-state index contributed by atoms with van der Waals surface area (Å²) in [5.41, 5.74) is 0.108. The maximum atomic E-state index is 12.9. The molecule has 0 aromatic heterocycles. The monoisotopic (exact) mass is 534 g/mol. The smallest absolute Gasteiger partial charge is 0.411 e. The minimum atomic E-state index is -1.01. The Hall–Kier alpha value is -3.83. The van der Waals surface area contributed by atoms with E-state index in [-0.39, 0.29) is 64.7 Å². The van der Waals surface area contributed by atoms with Crippen LogP contribution in [0.25, 0.3) is 0 Å². The van der Waals surface area contributed by atoms with Crippen LogP contribution in [-0.4, -0.2) is 90.7 Å². The van der Waals surface area contributed by atoms with Crippen LogP contribution in [0.2, 0.25) is 0 Å². The second-order valence-electron chi connectivity index (χ2n) is 9.62. The van der Waals surface area contributed by atoms with Crippen LogP contribution in [0.15, 0.2) is 30.3 Å². The Morgan fingerprint density at radius 1 is 0.921 bits per heavy atom. The van der Waals surface area contributed by atoms with E-state index in [2.05, 4.69) is 10.6 Å². The van der Waals surface area contributed by atoms with Gasteiger partial charge in [-0.1, -0.05) is 30.3 Å². The van der Waals surface area contributed by atoms with Crippen molar-refractivity contribution in [3.63, 3.8) is 0 Å². The van der Waals surface area contributed by atoms with Crippen LogP contribution in [0.4, 0.5) is 9.59 Å². The Kier molecular flexibility index (Phi) is 11.8. The Balaban J connectivity index is 1.79. The SMILES string of the molecule is CCOC(=O)N1CCN(C(=O)OC(C)(C)C)C(C(=O)NCCC(=O)NCCC(=O)OCc2ccccc2)C1. The fourth-order valence-electron chi connectivity index (χ4n) is 3.55. The first kappa shape index (κ1) is 30.4. The summed E-state index contributed by atoms with van der Waals surface area (Å²) in [6.07, 6.45) is -1.26. The van der Waals surface area contributed by atoms with Gasteiger partial charge in [-0.15, -0.1) is 0 Å². The van der Waals surface area contributed by atoms with Gasteiger partial charge in [0.1, 0.15) is 18.2 Å². The molecule has 2 rings (SSSR count). The Morgan fingerprint density at radius 2 is 1.61 bits per heavy atom. The Morgan fingerprint density at radius 3 is 2.26 bits per heavy atom. The van der Waals surface area contributed by atoms with Crippen molar-refractivity contribution < 1.29 is 38.2 Å². The molecule has 2 N–H and O–H groups in total. The second kappa shape index (κ2) is 14.8. The zero-order valence-corrected chi connectivity index (χ0v) is 22.5. The molecule has 12 heteroatoms. The van der Waals surface area contributed by atoms with E-state index in [0.717, 1.165) is 5.56 Å². The van der Waals surface area contributed by atoms with Crippen molar-refractivity contribution in [1.82, 2.24) is 20.4 Å². The molecule has 1 atom stereocenters. The molecule has 0 radical (unpaired) electrons. The van der Waals surface area contributed by atoms with E-state index in [0.29, 0.717) is 0 Å². The quantitative estimate of drug-likeness (QED) is 0.342. The van der Waals surface area contributed by atoms with Crippen molar-refractivity contribution >= 4 is 30.0 Å². The predicted molar refractivity (Wildman–Crippen MR) is 137 cm³/mol. The van der Waals surface area contributed by atoms with Crippen LogP contribution in [-0.2, 0) is 35.2 Å². The molecule has 1 aromatic carbocycles. The molecule has 1 aromatic rings. The Bertz CT molecular complexity index is 964. The number of ether oxygens (including phenoxy) is 3. The average molecular weight is 535 g/mol. The van der Waals surface area contributed by atoms with Gasteiger partial charge in [-0.3, -0.25) is 19.3 Å². The van der Waals surface area contributed by atoms with E-state index >= 15 is 0 Å². The lowest BCUT2D eigenvalue weighted by Crippen LogP contribution is -2.62.